The number of methoxy groups -OCH3 is 1. The molecule has 6 heteroatoms. The van der Waals surface area contributed by atoms with E-state index in [0.29, 0.717) is 11.0 Å². The van der Waals surface area contributed by atoms with Crippen LogP contribution < -0.4 is 5.63 Å². The van der Waals surface area contributed by atoms with Crippen molar-refractivity contribution in [2.24, 2.45) is 0 Å². The lowest BCUT2D eigenvalue weighted by Crippen LogP contribution is -2.40. The number of hydrogen-bond acceptors (Lipinski definition) is 5. The molecule has 6 nitrogen and oxygen atoms in total. The first-order chi connectivity index (χ1) is 10.9. The van der Waals surface area contributed by atoms with Crippen LogP contribution in [0.2, 0.25) is 0 Å². The summed E-state index contributed by atoms with van der Waals surface area (Å²) in [6.07, 6.45) is 0.0688. The fourth-order valence-electron chi connectivity index (χ4n) is 2.27. The number of carbonyl (C=O) groups is 2. The average molecular weight is 317 g/mol. The second-order valence-electron chi connectivity index (χ2n) is 5.40. The van der Waals surface area contributed by atoms with E-state index in [9.17, 15) is 14.4 Å². The summed E-state index contributed by atoms with van der Waals surface area (Å²) in [5, 5.41) is 0.673. The van der Waals surface area contributed by atoms with Crippen molar-refractivity contribution in [2.45, 2.75) is 26.3 Å². The third-order valence-electron chi connectivity index (χ3n) is 3.54. The average Bonchev–Trinajstić information content (AvgIpc) is 2.53. The molecule has 0 atom stereocenters. The summed E-state index contributed by atoms with van der Waals surface area (Å²) in [6, 6.07) is 8.35. The molecule has 0 aliphatic carbocycles. The largest absolute Gasteiger partial charge is 0.469 e. The smallest absolute Gasteiger partial charge is 0.349 e. The zero-order chi connectivity index (χ0) is 17.0. The molecule has 0 aliphatic heterocycles. The molecule has 0 bridgehead atoms. The number of hydrogen-bond donors (Lipinski definition) is 0. The number of rotatable bonds is 5. The summed E-state index contributed by atoms with van der Waals surface area (Å²) >= 11 is 0. The molecule has 0 spiro atoms. The SMILES string of the molecule is COC(=O)CCN(C(=O)c1cc2ccccc2oc1=O)C(C)C. The number of ether oxygens (including phenoxy) is 1. The number of benzene rings is 1. The molecule has 0 aliphatic rings. The van der Waals surface area contributed by atoms with Crippen molar-refractivity contribution in [1.82, 2.24) is 4.90 Å². The number of amides is 1. The highest BCUT2D eigenvalue weighted by Crippen LogP contribution is 2.15. The van der Waals surface area contributed by atoms with Gasteiger partial charge < -0.3 is 14.1 Å². The summed E-state index contributed by atoms with van der Waals surface area (Å²) in [6.45, 7) is 3.81. The molecule has 1 aromatic carbocycles. The summed E-state index contributed by atoms with van der Waals surface area (Å²) in [7, 11) is 1.29. The third kappa shape index (κ3) is 3.77. The highest BCUT2D eigenvalue weighted by atomic mass is 16.5. The van der Waals surface area contributed by atoms with Crippen LogP contribution in [-0.2, 0) is 9.53 Å². The highest BCUT2D eigenvalue weighted by Gasteiger charge is 2.23. The van der Waals surface area contributed by atoms with Crippen LogP contribution in [0.15, 0.2) is 39.5 Å². The quantitative estimate of drug-likeness (QED) is 0.624. The number of nitrogens with zero attached hydrogens (tertiary/aromatic N) is 1. The predicted octanol–water partition coefficient (Wildman–Crippen LogP) is 2.21. The van der Waals surface area contributed by atoms with Gasteiger partial charge in [-0.2, -0.15) is 0 Å². The fourth-order valence-corrected chi connectivity index (χ4v) is 2.27. The van der Waals surface area contributed by atoms with Crippen LogP contribution in [0.3, 0.4) is 0 Å². The normalized spacial score (nSPS) is 10.8. The molecule has 1 aromatic heterocycles. The topological polar surface area (TPSA) is 76.8 Å². The zero-order valence-corrected chi connectivity index (χ0v) is 13.4. The maximum atomic E-state index is 12.7. The first-order valence-electron chi connectivity index (χ1n) is 7.34. The van der Waals surface area contributed by atoms with Gasteiger partial charge in [0, 0.05) is 18.0 Å². The molecule has 1 amide bonds. The first-order valence-corrected chi connectivity index (χ1v) is 7.34. The molecule has 0 saturated carbocycles. The van der Waals surface area contributed by atoms with Crippen molar-refractivity contribution in [2.75, 3.05) is 13.7 Å². The molecule has 1 heterocycles. The first kappa shape index (κ1) is 16.7. The van der Waals surface area contributed by atoms with Gasteiger partial charge in [-0.05, 0) is 26.0 Å². The van der Waals surface area contributed by atoms with Crippen LogP contribution in [0.4, 0.5) is 0 Å². The van der Waals surface area contributed by atoms with Crippen molar-refractivity contribution in [3.8, 4) is 0 Å². The van der Waals surface area contributed by atoms with Crippen LogP contribution >= 0.6 is 0 Å². The fraction of sp³-hybridized carbons (Fsp3) is 0.353. The van der Waals surface area contributed by atoms with Gasteiger partial charge in [0.25, 0.3) is 5.91 Å². The maximum absolute atomic E-state index is 12.7. The van der Waals surface area contributed by atoms with E-state index in [2.05, 4.69) is 4.74 Å². The van der Waals surface area contributed by atoms with E-state index in [1.165, 1.54) is 18.1 Å². The number of esters is 1. The van der Waals surface area contributed by atoms with Crippen molar-refractivity contribution < 1.29 is 18.7 Å². The van der Waals surface area contributed by atoms with Gasteiger partial charge in [0.1, 0.15) is 11.1 Å². The lowest BCUT2D eigenvalue weighted by atomic mass is 10.1. The molecular formula is C17H19NO5. The lowest BCUT2D eigenvalue weighted by Gasteiger charge is -2.26. The highest BCUT2D eigenvalue weighted by molar-refractivity contribution is 5.97. The Hall–Kier alpha value is -2.63. The van der Waals surface area contributed by atoms with Crippen molar-refractivity contribution >= 4 is 22.8 Å². The predicted molar refractivity (Wildman–Crippen MR) is 85.3 cm³/mol. The Kier molecular flexibility index (Phi) is 5.16. The van der Waals surface area contributed by atoms with Crippen molar-refractivity contribution in [3.05, 3.63) is 46.3 Å². The molecule has 2 rings (SSSR count). The number of fused-ring (bicyclic) bond motifs is 1. The van der Waals surface area contributed by atoms with E-state index in [0.717, 1.165) is 0 Å². The minimum atomic E-state index is -0.683. The molecular weight excluding hydrogens is 298 g/mol. The van der Waals surface area contributed by atoms with E-state index in [-0.39, 0.29) is 24.6 Å². The Morgan fingerprint density at radius 3 is 2.61 bits per heavy atom. The summed E-state index contributed by atoms with van der Waals surface area (Å²) in [5.74, 6) is -0.864. The van der Waals surface area contributed by atoms with Crippen LogP contribution in [0.1, 0.15) is 30.6 Å². The summed E-state index contributed by atoms with van der Waals surface area (Å²) < 4.78 is 9.79. The van der Waals surface area contributed by atoms with Gasteiger partial charge in [-0.3, -0.25) is 9.59 Å². The van der Waals surface area contributed by atoms with Gasteiger partial charge >= 0.3 is 11.6 Å². The summed E-state index contributed by atoms with van der Waals surface area (Å²) in [5.41, 5.74) is -0.292. The van der Waals surface area contributed by atoms with E-state index in [1.807, 2.05) is 13.8 Å². The Bertz CT molecular complexity index is 778. The number of carbonyl (C=O) groups excluding carboxylic acids is 2. The minimum Gasteiger partial charge on any atom is -0.469 e. The Balaban J connectivity index is 2.34. The van der Waals surface area contributed by atoms with E-state index in [4.69, 9.17) is 4.42 Å². The second kappa shape index (κ2) is 7.09. The molecule has 2 aromatic rings. The standard InChI is InChI=1S/C17H19NO5/c1-11(2)18(9-8-15(19)22-3)16(20)13-10-12-6-4-5-7-14(12)23-17(13)21/h4-7,10-11H,8-9H2,1-3H3. The third-order valence-corrected chi connectivity index (χ3v) is 3.54. The molecule has 23 heavy (non-hydrogen) atoms. The van der Waals surface area contributed by atoms with Gasteiger partial charge in [0.2, 0.25) is 0 Å². The van der Waals surface area contributed by atoms with E-state index >= 15 is 0 Å². The van der Waals surface area contributed by atoms with Gasteiger partial charge in [-0.1, -0.05) is 18.2 Å². The van der Waals surface area contributed by atoms with Crippen LogP contribution in [0.25, 0.3) is 11.0 Å². The number of para-hydroxylation sites is 1. The second-order valence-corrected chi connectivity index (χ2v) is 5.40. The van der Waals surface area contributed by atoms with Crippen LogP contribution in [-0.4, -0.2) is 36.5 Å². The molecule has 0 radical (unpaired) electrons. The van der Waals surface area contributed by atoms with E-state index < -0.39 is 17.5 Å². The Labute approximate surface area is 133 Å². The van der Waals surface area contributed by atoms with Crippen molar-refractivity contribution in [3.63, 3.8) is 0 Å². The molecule has 0 saturated heterocycles. The zero-order valence-electron chi connectivity index (χ0n) is 13.4. The molecule has 122 valence electrons. The molecule has 0 fully saturated rings. The monoisotopic (exact) mass is 317 g/mol. The summed E-state index contributed by atoms with van der Waals surface area (Å²) in [4.78, 5) is 37.5. The maximum Gasteiger partial charge on any atom is 0.349 e. The Morgan fingerprint density at radius 1 is 1.26 bits per heavy atom. The lowest BCUT2D eigenvalue weighted by molar-refractivity contribution is -0.140. The van der Waals surface area contributed by atoms with Gasteiger partial charge in [0.05, 0.1) is 13.5 Å². The van der Waals surface area contributed by atoms with Gasteiger partial charge in [0.15, 0.2) is 0 Å². The minimum absolute atomic E-state index is 0.0396. The molecule has 0 unspecified atom stereocenters. The van der Waals surface area contributed by atoms with E-state index in [1.54, 1.807) is 24.3 Å². The molecule has 0 N–H and O–H groups in total. The van der Waals surface area contributed by atoms with Gasteiger partial charge in [-0.15, -0.1) is 0 Å². The van der Waals surface area contributed by atoms with Crippen LogP contribution in [0.5, 0.6) is 0 Å². The Morgan fingerprint density at radius 2 is 1.96 bits per heavy atom. The van der Waals surface area contributed by atoms with Crippen LogP contribution in [0, 0.1) is 0 Å². The van der Waals surface area contributed by atoms with Gasteiger partial charge in [-0.25, -0.2) is 4.79 Å². The van der Waals surface area contributed by atoms with Crippen molar-refractivity contribution in [1.29, 1.82) is 0 Å².